The van der Waals surface area contributed by atoms with Crippen molar-refractivity contribution in [2.24, 2.45) is 0 Å². The van der Waals surface area contributed by atoms with E-state index in [-0.39, 0.29) is 22.0 Å². The normalized spacial score (nSPS) is 12.4. The van der Waals surface area contributed by atoms with Gasteiger partial charge in [0.05, 0.1) is 5.69 Å². The van der Waals surface area contributed by atoms with Crippen molar-refractivity contribution in [2.45, 2.75) is 31.8 Å². The van der Waals surface area contributed by atoms with Gasteiger partial charge in [-0.1, -0.05) is 17.3 Å². The molecule has 1 heterocycles. The Kier molecular flexibility index (Phi) is 6.28. The van der Waals surface area contributed by atoms with Gasteiger partial charge >= 0.3 is 5.97 Å². The highest BCUT2D eigenvalue weighted by atomic mass is 32.2. The van der Waals surface area contributed by atoms with E-state index in [0.717, 1.165) is 6.07 Å². The fourth-order valence-corrected chi connectivity index (χ4v) is 3.47. The maximum absolute atomic E-state index is 13.5. The molecule has 0 fully saturated rings. The summed E-state index contributed by atoms with van der Waals surface area (Å²) in [5.41, 5.74) is 0.0792. The van der Waals surface area contributed by atoms with Crippen LogP contribution in [0.4, 0.5) is 10.1 Å². The Morgan fingerprint density at radius 3 is 2.56 bits per heavy atom. The number of aryl methyl sites for hydroxylation is 2. The van der Waals surface area contributed by atoms with Crippen molar-refractivity contribution >= 4 is 27.6 Å². The van der Waals surface area contributed by atoms with Crippen LogP contribution in [0.1, 0.15) is 18.4 Å². The Morgan fingerprint density at radius 2 is 1.96 bits per heavy atom. The van der Waals surface area contributed by atoms with Gasteiger partial charge in [-0.25, -0.2) is 12.8 Å². The van der Waals surface area contributed by atoms with E-state index in [2.05, 4.69) is 15.2 Å². The Labute approximate surface area is 154 Å². The molecule has 1 aromatic heterocycles. The highest BCUT2D eigenvalue weighted by Gasteiger charge is 2.26. The lowest BCUT2D eigenvalue weighted by Gasteiger charge is -2.14. The minimum Gasteiger partial charge on any atom is -0.452 e. The van der Waals surface area contributed by atoms with Crippen molar-refractivity contribution in [1.29, 1.82) is 0 Å². The molecule has 1 atom stereocenters. The lowest BCUT2D eigenvalue weighted by Crippen LogP contribution is -2.36. The zero-order chi connectivity index (χ0) is 20.2. The number of anilines is 1. The summed E-state index contributed by atoms with van der Waals surface area (Å²) in [5, 5.41) is 5.81. The van der Waals surface area contributed by atoms with Crippen LogP contribution in [0.5, 0.6) is 0 Å². The zero-order valence-corrected chi connectivity index (χ0v) is 15.6. The van der Waals surface area contributed by atoms with E-state index >= 15 is 0 Å². The average molecular weight is 399 g/mol. The monoisotopic (exact) mass is 399 g/mol. The molecule has 1 aromatic carbocycles. The number of esters is 1. The summed E-state index contributed by atoms with van der Waals surface area (Å²) in [6, 6.07) is 5.49. The molecule has 2 rings (SSSR count). The number of halogens is 1. The lowest BCUT2D eigenvalue weighted by atomic mass is 10.3. The number of amides is 1. The lowest BCUT2D eigenvalue weighted by molar-refractivity contribution is -0.151. The van der Waals surface area contributed by atoms with Gasteiger partial charge in [0.25, 0.3) is 5.91 Å². The van der Waals surface area contributed by atoms with Gasteiger partial charge in [-0.2, -0.15) is 4.72 Å². The number of hydrogen-bond acceptors (Lipinski definition) is 7. The number of hydrogen-bond donors (Lipinski definition) is 2. The summed E-state index contributed by atoms with van der Waals surface area (Å²) >= 11 is 0. The Bertz CT molecular complexity index is 937. The first-order chi connectivity index (χ1) is 12.6. The number of nitrogens with zero attached hydrogens (tertiary/aromatic N) is 1. The van der Waals surface area contributed by atoms with Gasteiger partial charge in [0.15, 0.2) is 11.9 Å². The van der Waals surface area contributed by atoms with Crippen molar-refractivity contribution in [2.75, 3.05) is 11.9 Å². The third-order valence-corrected chi connectivity index (χ3v) is 5.10. The van der Waals surface area contributed by atoms with E-state index < -0.39 is 40.4 Å². The molecule has 0 unspecified atom stereocenters. The number of ether oxygens (including phenoxy) is 1. The quantitative estimate of drug-likeness (QED) is 0.671. The van der Waals surface area contributed by atoms with Crippen LogP contribution < -0.4 is 10.0 Å². The largest absolute Gasteiger partial charge is 0.452 e. The van der Waals surface area contributed by atoms with Crippen LogP contribution in [0, 0.1) is 19.7 Å². The molecule has 11 heteroatoms. The first-order valence-corrected chi connectivity index (χ1v) is 9.27. The van der Waals surface area contributed by atoms with E-state index in [1.54, 1.807) is 0 Å². The summed E-state index contributed by atoms with van der Waals surface area (Å²) in [5.74, 6) is -2.31. The number of sulfonamides is 1. The highest BCUT2D eigenvalue weighted by molar-refractivity contribution is 7.89. The molecule has 0 aliphatic rings. The molecule has 9 nitrogen and oxygen atoms in total. The molecule has 0 bridgehead atoms. The third-order valence-electron chi connectivity index (χ3n) is 3.45. The SMILES string of the molecule is Cc1noc(C)c1S(=O)(=O)NCC(=O)O[C@H](C)C(=O)Nc1ccccc1F. The summed E-state index contributed by atoms with van der Waals surface area (Å²) in [6.45, 7) is 3.43. The topological polar surface area (TPSA) is 128 Å². The number of carbonyl (C=O) groups is 2. The molecule has 2 aromatic rings. The molecule has 0 aliphatic heterocycles. The van der Waals surface area contributed by atoms with Crippen LogP contribution >= 0.6 is 0 Å². The van der Waals surface area contributed by atoms with Crippen LogP contribution in [0.25, 0.3) is 0 Å². The molecular weight excluding hydrogens is 381 g/mol. The minimum absolute atomic E-state index is 0.0653. The maximum Gasteiger partial charge on any atom is 0.321 e. The van der Waals surface area contributed by atoms with E-state index in [1.165, 1.54) is 39.0 Å². The first-order valence-electron chi connectivity index (χ1n) is 7.79. The van der Waals surface area contributed by atoms with Crippen LogP contribution in [0.15, 0.2) is 33.7 Å². The molecule has 2 N–H and O–H groups in total. The van der Waals surface area contributed by atoms with Gasteiger partial charge in [-0.05, 0) is 32.9 Å². The second kappa shape index (κ2) is 8.27. The van der Waals surface area contributed by atoms with Crippen molar-refractivity contribution < 1.29 is 31.7 Å². The first kappa shape index (κ1) is 20.5. The van der Waals surface area contributed by atoms with E-state index in [1.807, 2.05) is 0 Å². The summed E-state index contributed by atoms with van der Waals surface area (Å²) < 4.78 is 49.6. The molecule has 0 spiro atoms. The fourth-order valence-electron chi connectivity index (χ4n) is 2.17. The number of carbonyl (C=O) groups excluding carboxylic acids is 2. The van der Waals surface area contributed by atoms with Gasteiger partial charge in [-0.3, -0.25) is 9.59 Å². The average Bonchev–Trinajstić information content (AvgIpc) is 2.94. The van der Waals surface area contributed by atoms with Crippen LogP contribution in [-0.2, 0) is 24.3 Å². The summed E-state index contributed by atoms with van der Waals surface area (Å²) in [4.78, 5) is 23.6. The summed E-state index contributed by atoms with van der Waals surface area (Å²) in [7, 11) is -4.04. The minimum atomic E-state index is -4.04. The number of rotatable bonds is 7. The van der Waals surface area contributed by atoms with Crippen molar-refractivity contribution in [3.63, 3.8) is 0 Å². The Balaban J connectivity index is 1.91. The van der Waals surface area contributed by atoms with Crippen molar-refractivity contribution in [1.82, 2.24) is 9.88 Å². The van der Waals surface area contributed by atoms with Crippen molar-refractivity contribution in [3.05, 3.63) is 41.5 Å². The van der Waals surface area contributed by atoms with Crippen molar-refractivity contribution in [3.8, 4) is 0 Å². The molecule has 146 valence electrons. The van der Waals surface area contributed by atoms with Gasteiger partial charge < -0.3 is 14.6 Å². The van der Waals surface area contributed by atoms with Crippen LogP contribution in [0.2, 0.25) is 0 Å². The number of aromatic nitrogens is 1. The van der Waals surface area contributed by atoms with Gasteiger partial charge in [0.1, 0.15) is 23.0 Å². The number of para-hydroxylation sites is 1. The van der Waals surface area contributed by atoms with E-state index in [4.69, 9.17) is 9.26 Å². The fraction of sp³-hybridized carbons (Fsp3) is 0.312. The molecule has 0 aliphatic carbocycles. The Hall–Kier alpha value is -2.79. The highest BCUT2D eigenvalue weighted by Crippen LogP contribution is 2.18. The maximum atomic E-state index is 13.5. The molecule has 1 amide bonds. The number of benzene rings is 1. The number of nitrogens with one attached hydrogen (secondary N) is 2. The second-order valence-corrected chi connectivity index (χ2v) is 7.28. The molecular formula is C16H18FN3O6S. The molecule has 27 heavy (non-hydrogen) atoms. The standard InChI is InChI=1S/C16H18FN3O6S/c1-9-15(10(2)26-20-9)27(23,24)18-8-14(21)25-11(3)16(22)19-13-7-5-4-6-12(13)17/h4-7,11,18H,8H2,1-3H3,(H,19,22)/t11-/m1/s1. The van der Waals surface area contributed by atoms with Crippen LogP contribution in [0.3, 0.4) is 0 Å². The van der Waals surface area contributed by atoms with Gasteiger partial charge in [0.2, 0.25) is 10.0 Å². The van der Waals surface area contributed by atoms with Gasteiger partial charge in [0, 0.05) is 0 Å². The predicted molar refractivity (Wildman–Crippen MR) is 91.7 cm³/mol. The smallest absolute Gasteiger partial charge is 0.321 e. The van der Waals surface area contributed by atoms with Crippen LogP contribution in [-0.4, -0.2) is 38.1 Å². The van der Waals surface area contributed by atoms with E-state index in [0.29, 0.717) is 0 Å². The molecule has 0 radical (unpaired) electrons. The zero-order valence-electron chi connectivity index (χ0n) is 14.8. The second-order valence-electron chi connectivity index (χ2n) is 5.58. The summed E-state index contributed by atoms with van der Waals surface area (Å²) in [6.07, 6.45) is -1.26. The third kappa shape index (κ3) is 5.11. The molecule has 0 saturated carbocycles. The molecule has 0 saturated heterocycles. The Morgan fingerprint density at radius 1 is 1.30 bits per heavy atom. The van der Waals surface area contributed by atoms with E-state index in [9.17, 15) is 22.4 Å². The predicted octanol–water partition coefficient (Wildman–Crippen LogP) is 1.28. The van der Waals surface area contributed by atoms with Gasteiger partial charge in [-0.15, -0.1) is 0 Å².